The molecular weight excluding hydrogens is 280 g/mol. The molecule has 1 amide bonds. The summed E-state index contributed by atoms with van der Waals surface area (Å²) < 4.78 is 0. The molecule has 1 aliphatic rings. The minimum Gasteiger partial charge on any atom is -0.339 e. The van der Waals surface area contributed by atoms with Gasteiger partial charge < -0.3 is 4.90 Å². The van der Waals surface area contributed by atoms with Crippen LogP contribution in [0.15, 0.2) is 5.38 Å². The number of amides is 1. The second-order valence-electron chi connectivity index (χ2n) is 7.54. The highest BCUT2D eigenvalue weighted by atomic mass is 32.1. The molecule has 1 aromatic heterocycles. The number of thiazole rings is 1. The molecule has 1 unspecified atom stereocenters. The number of nitrogens with zero attached hydrogens (tertiary/aromatic N) is 2. The van der Waals surface area contributed by atoms with Crippen LogP contribution in [0.1, 0.15) is 71.0 Å². The minimum atomic E-state index is -0.0349. The number of likely N-dealkylation sites (tertiary alicyclic amines) is 1. The Balaban J connectivity index is 2.20. The number of carbonyl (C=O) groups excluding carboxylic acids is 1. The van der Waals surface area contributed by atoms with Crippen molar-refractivity contribution in [3.63, 3.8) is 0 Å². The molecule has 1 aliphatic heterocycles. The molecule has 2 heterocycles. The van der Waals surface area contributed by atoms with Crippen LogP contribution in [0.5, 0.6) is 0 Å². The normalized spacial score (nSPS) is 22.0. The van der Waals surface area contributed by atoms with E-state index in [4.69, 9.17) is 4.98 Å². The van der Waals surface area contributed by atoms with Crippen molar-refractivity contribution in [1.82, 2.24) is 9.88 Å². The monoisotopic (exact) mass is 308 g/mol. The van der Waals surface area contributed by atoms with Crippen LogP contribution in [0.25, 0.3) is 0 Å². The highest BCUT2D eigenvalue weighted by molar-refractivity contribution is 7.09. The molecule has 2 atom stereocenters. The standard InChI is InChI=1S/C17H28N2OS/c1-11(2)12(3)19-9-7-8-13(15(19)20)14-10-21-16(18-14)17(4,5)6/h10-13H,7-9H2,1-6H3/t12-,13?/m0/s1. The van der Waals surface area contributed by atoms with Gasteiger partial charge in [-0.25, -0.2) is 4.98 Å². The Hall–Kier alpha value is -0.900. The fourth-order valence-corrected chi connectivity index (χ4v) is 3.69. The second-order valence-corrected chi connectivity index (χ2v) is 8.40. The van der Waals surface area contributed by atoms with Gasteiger partial charge in [0.05, 0.1) is 16.6 Å². The highest BCUT2D eigenvalue weighted by Crippen LogP contribution is 2.34. The molecular formula is C17H28N2OS. The fourth-order valence-electron chi connectivity index (χ4n) is 2.73. The van der Waals surface area contributed by atoms with Crippen LogP contribution in [0, 0.1) is 5.92 Å². The first-order valence-electron chi connectivity index (χ1n) is 7.98. The van der Waals surface area contributed by atoms with Gasteiger partial charge in [0, 0.05) is 23.4 Å². The lowest BCUT2D eigenvalue weighted by molar-refractivity contribution is -0.138. The maximum absolute atomic E-state index is 12.8. The van der Waals surface area contributed by atoms with Crippen molar-refractivity contribution in [2.24, 2.45) is 5.92 Å². The van der Waals surface area contributed by atoms with Gasteiger partial charge in [-0.15, -0.1) is 11.3 Å². The summed E-state index contributed by atoms with van der Waals surface area (Å²) in [6.45, 7) is 13.9. The highest BCUT2D eigenvalue weighted by Gasteiger charge is 2.35. The molecule has 0 N–H and O–H groups in total. The Bertz CT molecular complexity index is 501. The largest absolute Gasteiger partial charge is 0.339 e. The van der Waals surface area contributed by atoms with E-state index in [0.29, 0.717) is 12.0 Å². The Morgan fingerprint density at radius 1 is 1.33 bits per heavy atom. The van der Waals surface area contributed by atoms with Crippen LogP contribution in [-0.4, -0.2) is 28.4 Å². The zero-order valence-corrected chi connectivity index (χ0v) is 15.0. The molecule has 0 saturated carbocycles. The molecule has 1 aromatic rings. The van der Waals surface area contributed by atoms with Crippen molar-refractivity contribution < 1.29 is 4.79 Å². The van der Waals surface area contributed by atoms with Crippen molar-refractivity contribution in [3.8, 4) is 0 Å². The molecule has 1 fully saturated rings. The molecule has 0 aliphatic carbocycles. The zero-order chi connectivity index (χ0) is 15.8. The Labute approximate surface area is 132 Å². The minimum absolute atomic E-state index is 0.0349. The summed E-state index contributed by atoms with van der Waals surface area (Å²) in [6.07, 6.45) is 2.02. The Morgan fingerprint density at radius 2 is 2.00 bits per heavy atom. The molecule has 2 rings (SSSR count). The van der Waals surface area contributed by atoms with E-state index in [2.05, 4.69) is 51.8 Å². The molecule has 0 spiro atoms. The number of piperidine rings is 1. The van der Waals surface area contributed by atoms with Gasteiger partial charge in [-0.05, 0) is 25.7 Å². The van der Waals surface area contributed by atoms with Gasteiger partial charge in [0.25, 0.3) is 0 Å². The third-order valence-electron chi connectivity index (χ3n) is 4.45. The van der Waals surface area contributed by atoms with Crippen LogP contribution >= 0.6 is 11.3 Å². The molecule has 0 radical (unpaired) electrons. The van der Waals surface area contributed by atoms with Crippen LogP contribution < -0.4 is 0 Å². The first-order valence-corrected chi connectivity index (χ1v) is 8.86. The number of carbonyl (C=O) groups is 1. The van der Waals surface area contributed by atoms with Crippen molar-refractivity contribution in [3.05, 3.63) is 16.1 Å². The average Bonchev–Trinajstić information content (AvgIpc) is 2.87. The van der Waals surface area contributed by atoms with Crippen molar-refractivity contribution in [1.29, 1.82) is 0 Å². The lowest BCUT2D eigenvalue weighted by atomic mass is 9.91. The van der Waals surface area contributed by atoms with Gasteiger partial charge in [0.2, 0.25) is 5.91 Å². The van der Waals surface area contributed by atoms with Crippen LogP contribution in [0.3, 0.4) is 0 Å². The van der Waals surface area contributed by atoms with E-state index in [0.717, 1.165) is 30.1 Å². The summed E-state index contributed by atoms with van der Waals surface area (Å²) >= 11 is 1.69. The smallest absolute Gasteiger partial charge is 0.231 e. The molecule has 1 saturated heterocycles. The number of hydrogen-bond acceptors (Lipinski definition) is 3. The van der Waals surface area contributed by atoms with Gasteiger partial charge >= 0.3 is 0 Å². The summed E-state index contributed by atoms with van der Waals surface area (Å²) in [5.41, 5.74) is 1.04. The lowest BCUT2D eigenvalue weighted by Gasteiger charge is -2.38. The average molecular weight is 308 g/mol. The summed E-state index contributed by atoms with van der Waals surface area (Å²) in [5, 5.41) is 3.21. The van der Waals surface area contributed by atoms with E-state index in [1.807, 2.05) is 0 Å². The van der Waals surface area contributed by atoms with Gasteiger partial charge in [-0.3, -0.25) is 4.79 Å². The predicted molar refractivity (Wildman–Crippen MR) is 88.8 cm³/mol. The van der Waals surface area contributed by atoms with E-state index >= 15 is 0 Å². The molecule has 118 valence electrons. The summed E-state index contributed by atoms with van der Waals surface area (Å²) in [5.74, 6) is 0.730. The fraction of sp³-hybridized carbons (Fsp3) is 0.765. The first kappa shape index (κ1) is 16.5. The van der Waals surface area contributed by atoms with E-state index in [9.17, 15) is 4.79 Å². The number of rotatable bonds is 3. The maximum atomic E-state index is 12.8. The van der Waals surface area contributed by atoms with Crippen LogP contribution in [0.2, 0.25) is 0 Å². The second kappa shape index (κ2) is 6.07. The quantitative estimate of drug-likeness (QED) is 0.839. The maximum Gasteiger partial charge on any atom is 0.231 e. The lowest BCUT2D eigenvalue weighted by Crippen LogP contribution is -2.47. The summed E-state index contributed by atoms with van der Waals surface area (Å²) in [4.78, 5) is 19.7. The van der Waals surface area contributed by atoms with E-state index in [1.54, 1.807) is 11.3 Å². The Morgan fingerprint density at radius 3 is 2.52 bits per heavy atom. The third-order valence-corrected chi connectivity index (χ3v) is 5.74. The molecule has 4 heteroatoms. The number of aromatic nitrogens is 1. The summed E-state index contributed by atoms with van der Waals surface area (Å²) in [6, 6.07) is 0.307. The van der Waals surface area contributed by atoms with Gasteiger partial charge in [-0.2, -0.15) is 0 Å². The van der Waals surface area contributed by atoms with Gasteiger partial charge in [-0.1, -0.05) is 34.6 Å². The van der Waals surface area contributed by atoms with Gasteiger partial charge in [0.15, 0.2) is 0 Å². The van der Waals surface area contributed by atoms with E-state index in [1.165, 1.54) is 0 Å². The van der Waals surface area contributed by atoms with Crippen LogP contribution in [0.4, 0.5) is 0 Å². The predicted octanol–water partition coefficient (Wildman–Crippen LogP) is 4.19. The van der Waals surface area contributed by atoms with Crippen molar-refractivity contribution >= 4 is 17.2 Å². The van der Waals surface area contributed by atoms with Crippen molar-refractivity contribution in [2.45, 2.75) is 71.8 Å². The topological polar surface area (TPSA) is 33.2 Å². The van der Waals surface area contributed by atoms with Gasteiger partial charge in [0.1, 0.15) is 0 Å². The van der Waals surface area contributed by atoms with E-state index < -0.39 is 0 Å². The molecule has 21 heavy (non-hydrogen) atoms. The third kappa shape index (κ3) is 3.47. The molecule has 0 aromatic carbocycles. The first-order chi connectivity index (χ1) is 9.71. The summed E-state index contributed by atoms with van der Waals surface area (Å²) in [7, 11) is 0. The van der Waals surface area contributed by atoms with Crippen molar-refractivity contribution in [2.75, 3.05) is 6.54 Å². The molecule has 3 nitrogen and oxygen atoms in total. The SMILES string of the molecule is CC(C)[C@H](C)N1CCCC(c2csc(C(C)(C)C)n2)C1=O. The van der Waals surface area contributed by atoms with E-state index in [-0.39, 0.29) is 17.2 Å². The number of hydrogen-bond donors (Lipinski definition) is 0. The van der Waals surface area contributed by atoms with Crippen LogP contribution in [-0.2, 0) is 10.2 Å². The Kier molecular flexibility index (Phi) is 4.76. The molecule has 0 bridgehead atoms. The zero-order valence-electron chi connectivity index (χ0n) is 14.1.